The van der Waals surface area contributed by atoms with Crippen LogP contribution < -0.4 is 10.1 Å². The predicted octanol–water partition coefficient (Wildman–Crippen LogP) is 2.07. The van der Waals surface area contributed by atoms with E-state index in [1.54, 1.807) is 13.2 Å². The molecule has 1 atom stereocenters. The number of carboxylic acid groups (broad SMARTS) is 1. The number of carboxylic acids is 1. The number of fused-ring (bicyclic) bond motifs is 1. The van der Waals surface area contributed by atoms with E-state index >= 15 is 0 Å². The highest BCUT2D eigenvalue weighted by atomic mass is 16.5. The number of benzene rings is 1. The molecule has 1 aliphatic rings. The Hall–Kier alpha value is -2.14. The molecule has 1 fully saturated rings. The maximum atomic E-state index is 11.7. The van der Waals surface area contributed by atoms with E-state index in [2.05, 4.69) is 10.3 Å². The van der Waals surface area contributed by atoms with Gasteiger partial charge in [0.15, 0.2) is 5.54 Å². The van der Waals surface area contributed by atoms with Crippen LogP contribution in [0.4, 0.5) is 0 Å². The van der Waals surface area contributed by atoms with Crippen molar-refractivity contribution in [2.75, 3.05) is 13.7 Å². The average Bonchev–Trinajstić information content (AvgIpc) is 3.33. The van der Waals surface area contributed by atoms with Gasteiger partial charge in [0, 0.05) is 11.6 Å². The summed E-state index contributed by atoms with van der Waals surface area (Å²) in [6.07, 6.45) is 3.55. The van der Waals surface area contributed by atoms with Gasteiger partial charge in [-0.25, -0.2) is 0 Å². The minimum absolute atomic E-state index is 0.0964. The Morgan fingerprint density at radius 3 is 2.86 bits per heavy atom. The molecule has 1 aromatic heterocycles. The lowest BCUT2D eigenvalue weighted by molar-refractivity contribution is -0.147. The fourth-order valence-electron chi connectivity index (χ4n) is 2.70. The quantitative estimate of drug-likeness (QED) is 0.850. The summed E-state index contributed by atoms with van der Waals surface area (Å²) in [5.41, 5.74) is -0.261. The van der Waals surface area contributed by atoms with Crippen LogP contribution in [0, 0.1) is 5.92 Å². The van der Waals surface area contributed by atoms with Crippen molar-refractivity contribution in [1.82, 2.24) is 10.3 Å². The third kappa shape index (κ3) is 2.45. The second kappa shape index (κ2) is 5.33. The van der Waals surface area contributed by atoms with Gasteiger partial charge in [-0.1, -0.05) is 18.2 Å². The molecule has 110 valence electrons. The number of carbonyl (C=O) groups is 1. The molecule has 1 saturated carbocycles. The average molecular weight is 286 g/mol. The van der Waals surface area contributed by atoms with Crippen LogP contribution in [0.15, 0.2) is 36.5 Å². The number of para-hydroxylation sites is 1. The summed E-state index contributed by atoms with van der Waals surface area (Å²) in [6.45, 7) is 0.0964. The molecule has 1 heterocycles. The van der Waals surface area contributed by atoms with Gasteiger partial charge in [-0.05, 0) is 37.9 Å². The summed E-state index contributed by atoms with van der Waals surface area (Å²) in [6, 6.07) is 9.49. The van der Waals surface area contributed by atoms with Crippen LogP contribution in [-0.4, -0.2) is 35.3 Å². The van der Waals surface area contributed by atoms with Crippen LogP contribution in [0.1, 0.15) is 12.8 Å². The molecule has 0 aliphatic heterocycles. The number of aromatic nitrogens is 1. The van der Waals surface area contributed by atoms with Crippen LogP contribution in [-0.2, 0) is 4.79 Å². The van der Waals surface area contributed by atoms with Crippen molar-refractivity contribution in [2.24, 2.45) is 5.92 Å². The van der Waals surface area contributed by atoms with Gasteiger partial charge in [0.25, 0.3) is 0 Å². The molecule has 0 radical (unpaired) electrons. The zero-order valence-corrected chi connectivity index (χ0v) is 11.9. The lowest BCUT2D eigenvalue weighted by Gasteiger charge is -2.29. The van der Waals surface area contributed by atoms with E-state index in [1.165, 1.54) is 0 Å². The minimum Gasteiger partial charge on any atom is -0.489 e. The lowest BCUT2D eigenvalue weighted by Crippen LogP contribution is -2.56. The van der Waals surface area contributed by atoms with E-state index in [0.29, 0.717) is 5.75 Å². The molecule has 2 N–H and O–H groups in total. The van der Waals surface area contributed by atoms with Crippen molar-refractivity contribution in [3.05, 3.63) is 36.5 Å². The van der Waals surface area contributed by atoms with E-state index in [0.717, 1.165) is 23.7 Å². The number of ether oxygens (including phenoxy) is 1. The van der Waals surface area contributed by atoms with Gasteiger partial charge in [0.2, 0.25) is 0 Å². The van der Waals surface area contributed by atoms with Crippen molar-refractivity contribution < 1.29 is 14.6 Å². The second-order valence-electron chi connectivity index (χ2n) is 5.42. The van der Waals surface area contributed by atoms with Crippen molar-refractivity contribution in [3.63, 3.8) is 0 Å². The fraction of sp³-hybridized carbons (Fsp3) is 0.375. The molecule has 0 amide bonds. The van der Waals surface area contributed by atoms with E-state index in [1.807, 2.05) is 30.3 Å². The first kappa shape index (κ1) is 13.8. The third-order valence-corrected chi connectivity index (χ3v) is 4.15. The summed E-state index contributed by atoms with van der Waals surface area (Å²) < 4.78 is 5.83. The molecule has 1 aliphatic carbocycles. The molecule has 2 aromatic rings. The summed E-state index contributed by atoms with van der Waals surface area (Å²) in [5, 5.41) is 13.5. The highest BCUT2D eigenvalue weighted by Gasteiger charge is 2.51. The fourth-order valence-corrected chi connectivity index (χ4v) is 2.70. The first-order valence-electron chi connectivity index (χ1n) is 7.06. The molecular formula is C16H18N2O3. The van der Waals surface area contributed by atoms with Crippen molar-refractivity contribution in [1.29, 1.82) is 0 Å². The summed E-state index contributed by atoms with van der Waals surface area (Å²) >= 11 is 0. The van der Waals surface area contributed by atoms with Crippen LogP contribution in [0.2, 0.25) is 0 Å². The summed E-state index contributed by atoms with van der Waals surface area (Å²) in [7, 11) is 1.68. The second-order valence-corrected chi connectivity index (χ2v) is 5.42. The van der Waals surface area contributed by atoms with Crippen molar-refractivity contribution in [3.8, 4) is 5.75 Å². The number of nitrogens with one attached hydrogen (secondary N) is 1. The SMILES string of the molecule is CNC(COc1cccc2cccnc12)(C(=O)O)C1CC1. The first-order valence-corrected chi connectivity index (χ1v) is 7.06. The van der Waals surface area contributed by atoms with Gasteiger partial charge in [0.05, 0.1) is 0 Å². The zero-order chi connectivity index (χ0) is 14.9. The Bertz CT molecular complexity index is 664. The molecule has 21 heavy (non-hydrogen) atoms. The van der Waals surface area contributed by atoms with E-state index < -0.39 is 11.5 Å². The summed E-state index contributed by atoms with van der Waals surface area (Å²) in [5.74, 6) is -0.113. The maximum Gasteiger partial charge on any atom is 0.327 e. The van der Waals surface area contributed by atoms with E-state index in [-0.39, 0.29) is 12.5 Å². The van der Waals surface area contributed by atoms with Gasteiger partial charge in [-0.2, -0.15) is 0 Å². The molecule has 0 saturated heterocycles. The predicted molar refractivity (Wildman–Crippen MR) is 79.4 cm³/mol. The van der Waals surface area contributed by atoms with Crippen LogP contribution >= 0.6 is 0 Å². The Morgan fingerprint density at radius 1 is 1.43 bits per heavy atom. The largest absolute Gasteiger partial charge is 0.489 e. The number of aliphatic carboxylic acids is 1. The molecule has 5 heteroatoms. The number of rotatable bonds is 6. The zero-order valence-electron chi connectivity index (χ0n) is 11.9. The standard InChI is InChI=1S/C16H18N2O3/c1-17-16(15(19)20,12-7-8-12)10-21-13-6-2-4-11-5-3-9-18-14(11)13/h2-6,9,12,17H,7-8,10H2,1H3,(H,19,20). The Balaban J connectivity index is 1.87. The molecular weight excluding hydrogens is 268 g/mol. The van der Waals surface area contributed by atoms with Gasteiger partial charge < -0.3 is 15.2 Å². The number of nitrogens with zero attached hydrogens (tertiary/aromatic N) is 1. The molecule has 3 rings (SSSR count). The number of pyridine rings is 1. The number of hydrogen-bond donors (Lipinski definition) is 2. The monoisotopic (exact) mass is 286 g/mol. The highest BCUT2D eigenvalue weighted by molar-refractivity contribution is 5.84. The maximum absolute atomic E-state index is 11.7. The molecule has 0 bridgehead atoms. The van der Waals surface area contributed by atoms with Gasteiger partial charge in [-0.15, -0.1) is 0 Å². The van der Waals surface area contributed by atoms with Gasteiger partial charge in [0.1, 0.15) is 17.9 Å². The Labute approximate surface area is 123 Å². The van der Waals surface area contributed by atoms with Gasteiger partial charge >= 0.3 is 5.97 Å². The first-order chi connectivity index (χ1) is 10.2. The van der Waals surface area contributed by atoms with Crippen LogP contribution in [0.5, 0.6) is 5.75 Å². The third-order valence-electron chi connectivity index (χ3n) is 4.15. The smallest absolute Gasteiger partial charge is 0.327 e. The molecule has 0 spiro atoms. The summed E-state index contributed by atoms with van der Waals surface area (Å²) in [4.78, 5) is 16.0. The molecule has 1 unspecified atom stereocenters. The Morgan fingerprint density at radius 2 is 2.19 bits per heavy atom. The molecule has 1 aromatic carbocycles. The van der Waals surface area contributed by atoms with Crippen molar-refractivity contribution >= 4 is 16.9 Å². The lowest BCUT2D eigenvalue weighted by atomic mass is 9.94. The van der Waals surface area contributed by atoms with E-state index in [4.69, 9.17) is 4.74 Å². The topological polar surface area (TPSA) is 71.5 Å². The Kier molecular flexibility index (Phi) is 3.51. The normalized spacial score (nSPS) is 17.4. The number of hydrogen-bond acceptors (Lipinski definition) is 4. The van der Waals surface area contributed by atoms with Crippen LogP contribution in [0.25, 0.3) is 10.9 Å². The number of likely N-dealkylation sites (N-methyl/N-ethyl adjacent to an activating group) is 1. The van der Waals surface area contributed by atoms with Crippen molar-refractivity contribution in [2.45, 2.75) is 18.4 Å². The molecule has 5 nitrogen and oxygen atoms in total. The highest BCUT2D eigenvalue weighted by Crippen LogP contribution is 2.40. The van der Waals surface area contributed by atoms with Gasteiger partial charge in [-0.3, -0.25) is 9.78 Å². The minimum atomic E-state index is -1.02. The van der Waals surface area contributed by atoms with E-state index in [9.17, 15) is 9.90 Å². The van der Waals surface area contributed by atoms with Crippen LogP contribution in [0.3, 0.4) is 0 Å².